The van der Waals surface area contributed by atoms with Crippen molar-refractivity contribution in [3.63, 3.8) is 0 Å². The summed E-state index contributed by atoms with van der Waals surface area (Å²) >= 11 is 0. The Morgan fingerprint density at radius 3 is 2.32 bits per heavy atom. The second-order valence-corrected chi connectivity index (χ2v) is 9.86. The number of halogens is 2. The quantitative estimate of drug-likeness (QED) is 0.665. The zero-order valence-corrected chi connectivity index (χ0v) is 16.5. The number of hydrogen-bond donors (Lipinski definition) is 3. The predicted octanol–water partition coefficient (Wildman–Crippen LogP) is 1.90. The van der Waals surface area contributed by atoms with E-state index < -0.39 is 43.5 Å². The van der Waals surface area contributed by atoms with E-state index in [2.05, 4.69) is 10.3 Å². The highest BCUT2D eigenvalue weighted by molar-refractivity contribution is 7.92. The summed E-state index contributed by atoms with van der Waals surface area (Å²) in [6, 6.07) is 5.87. The van der Waals surface area contributed by atoms with Gasteiger partial charge in [-0.3, -0.25) is 4.79 Å². The zero-order chi connectivity index (χ0) is 21.3. The zero-order valence-electron chi connectivity index (χ0n) is 15.7. The summed E-state index contributed by atoms with van der Waals surface area (Å²) in [6.45, 7) is 4.00. The van der Waals surface area contributed by atoms with Crippen molar-refractivity contribution in [2.24, 2.45) is 11.5 Å². The van der Waals surface area contributed by atoms with Crippen molar-refractivity contribution in [1.82, 2.24) is 4.98 Å². The van der Waals surface area contributed by atoms with Gasteiger partial charge < -0.3 is 16.8 Å². The number of pyridine rings is 1. The monoisotopic (exact) mass is 412 g/mol. The van der Waals surface area contributed by atoms with Gasteiger partial charge in [0, 0.05) is 11.3 Å². The molecule has 0 fully saturated rings. The fourth-order valence-electron chi connectivity index (χ4n) is 2.40. The Labute approximate surface area is 162 Å². The summed E-state index contributed by atoms with van der Waals surface area (Å²) in [6.07, 6.45) is 0.890. The number of anilines is 1. The molecule has 152 valence electrons. The Bertz CT molecular complexity index is 985. The van der Waals surface area contributed by atoms with E-state index in [0.29, 0.717) is 0 Å². The van der Waals surface area contributed by atoms with Crippen LogP contribution in [-0.4, -0.2) is 29.9 Å². The molecule has 0 saturated carbocycles. The van der Waals surface area contributed by atoms with Crippen molar-refractivity contribution in [1.29, 1.82) is 0 Å². The summed E-state index contributed by atoms with van der Waals surface area (Å²) in [5.41, 5.74) is 10.2. The van der Waals surface area contributed by atoms with Crippen LogP contribution in [0.2, 0.25) is 0 Å². The number of nitrogens with zero attached hydrogens (tertiary/aromatic N) is 1. The minimum Gasteiger partial charge on any atom is -0.321 e. The summed E-state index contributed by atoms with van der Waals surface area (Å²) in [5, 5.41) is 2.49. The molecule has 0 bridgehead atoms. The molecule has 2 rings (SSSR count). The SMILES string of the molecule is CC(C)(N)S(=O)(=O)C[C@](C)(N)c1cc(NC(=O)c2ccc(F)cn2)ccc1F. The van der Waals surface area contributed by atoms with E-state index in [1.807, 2.05) is 0 Å². The Hall–Kier alpha value is -2.43. The van der Waals surface area contributed by atoms with Gasteiger partial charge in [-0.15, -0.1) is 0 Å². The Morgan fingerprint density at radius 1 is 1.14 bits per heavy atom. The minimum atomic E-state index is -3.85. The number of amides is 1. The van der Waals surface area contributed by atoms with Crippen molar-refractivity contribution in [2.45, 2.75) is 31.2 Å². The standard InChI is InChI=1S/C18H22F2N4O3S/c1-17(2,21)28(26,27)10-18(3,22)13-8-12(5-6-14(13)20)24-16(25)15-7-4-11(19)9-23-15/h4-9H,10,21-22H2,1-3H3,(H,24,25)/t18-/m0/s1. The maximum absolute atomic E-state index is 14.4. The average Bonchev–Trinajstić information content (AvgIpc) is 2.55. The highest BCUT2D eigenvalue weighted by Crippen LogP contribution is 2.28. The Balaban J connectivity index is 2.32. The van der Waals surface area contributed by atoms with Gasteiger partial charge in [-0.2, -0.15) is 0 Å². The molecule has 0 saturated heterocycles. The fraction of sp³-hybridized carbons (Fsp3) is 0.333. The first-order valence-electron chi connectivity index (χ1n) is 8.26. The van der Waals surface area contributed by atoms with Gasteiger partial charge in [0.25, 0.3) is 5.91 Å². The van der Waals surface area contributed by atoms with Gasteiger partial charge in [-0.1, -0.05) is 0 Å². The van der Waals surface area contributed by atoms with Crippen LogP contribution in [0.4, 0.5) is 14.5 Å². The van der Waals surface area contributed by atoms with Gasteiger partial charge in [-0.05, 0) is 51.1 Å². The molecule has 0 aliphatic rings. The van der Waals surface area contributed by atoms with Gasteiger partial charge >= 0.3 is 0 Å². The van der Waals surface area contributed by atoms with Crippen LogP contribution in [0.15, 0.2) is 36.5 Å². The molecule has 1 amide bonds. The summed E-state index contributed by atoms with van der Waals surface area (Å²) in [4.78, 5) is 14.3. The number of aromatic nitrogens is 1. The molecular weight excluding hydrogens is 390 g/mol. The van der Waals surface area contributed by atoms with Gasteiger partial charge in [0.15, 0.2) is 9.84 Å². The molecule has 0 radical (unpaired) electrons. The molecular formula is C18H22F2N4O3S. The topological polar surface area (TPSA) is 128 Å². The average molecular weight is 412 g/mol. The van der Waals surface area contributed by atoms with Crippen molar-refractivity contribution in [2.75, 3.05) is 11.1 Å². The third kappa shape index (κ3) is 4.89. The Kier molecular flexibility index (Phi) is 5.88. The number of hydrogen-bond acceptors (Lipinski definition) is 6. The van der Waals surface area contributed by atoms with Crippen LogP contribution in [0.5, 0.6) is 0 Å². The van der Waals surface area contributed by atoms with Crippen LogP contribution in [0.3, 0.4) is 0 Å². The molecule has 0 aliphatic heterocycles. The van der Waals surface area contributed by atoms with Gasteiger partial charge in [-0.25, -0.2) is 22.2 Å². The van der Waals surface area contributed by atoms with Crippen molar-refractivity contribution < 1.29 is 22.0 Å². The lowest BCUT2D eigenvalue weighted by molar-refractivity contribution is 0.102. The van der Waals surface area contributed by atoms with Crippen LogP contribution in [0.1, 0.15) is 36.8 Å². The molecule has 0 spiro atoms. The number of nitrogens with two attached hydrogens (primary N) is 2. The maximum Gasteiger partial charge on any atom is 0.274 e. The molecule has 1 aromatic carbocycles. The van der Waals surface area contributed by atoms with Gasteiger partial charge in [0.1, 0.15) is 22.2 Å². The lowest BCUT2D eigenvalue weighted by Crippen LogP contribution is -2.50. The molecule has 1 aromatic heterocycles. The number of benzene rings is 1. The molecule has 2 aromatic rings. The van der Waals surface area contributed by atoms with Gasteiger partial charge in [0.2, 0.25) is 0 Å². The summed E-state index contributed by atoms with van der Waals surface area (Å²) in [7, 11) is -3.85. The van der Waals surface area contributed by atoms with E-state index in [1.165, 1.54) is 39.0 Å². The fourth-order valence-corrected chi connectivity index (χ4v) is 3.72. The first kappa shape index (κ1) is 21.9. The Morgan fingerprint density at radius 2 is 1.79 bits per heavy atom. The molecule has 1 atom stereocenters. The van der Waals surface area contributed by atoms with E-state index in [1.54, 1.807) is 0 Å². The third-order valence-corrected chi connectivity index (χ3v) is 6.67. The molecule has 7 nitrogen and oxygen atoms in total. The minimum absolute atomic E-state index is 0.0461. The number of carbonyl (C=O) groups excluding carboxylic acids is 1. The molecule has 0 unspecified atom stereocenters. The highest BCUT2D eigenvalue weighted by atomic mass is 32.2. The van der Waals surface area contributed by atoms with Crippen molar-refractivity contribution >= 4 is 21.4 Å². The second kappa shape index (κ2) is 7.53. The van der Waals surface area contributed by atoms with Gasteiger partial charge in [0.05, 0.1) is 17.5 Å². The molecule has 10 heteroatoms. The lowest BCUT2D eigenvalue weighted by atomic mass is 9.94. The van der Waals surface area contributed by atoms with Crippen LogP contribution in [-0.2, 0) is 15.4 Å². The van der Waals surface area contributed by atoms with E-state index in [4.69, 9.17) is 11.5 Å². The van der Waals surface area contributed by atoms with Crippen LogP contribution >= 0.6 is 0 Å². The first-order valence-corrected chi connectivity index (χ1v) is 9.91. The van der Waals surface area contributed by atoms with E-state index in [9.17, 15) is 22.0 Å². The third-order valence-electron chi connectivity index (χ3n) is 4.09. The van der Waals surface area contributed by atoms with E-state index in [0.717, 1.165) is 18.3 Å². The van der Waals surface area contributed by atoms with Crippen LogP contribution < -0.4 is 16.8 Å². The largest absolute Gasteiger partial charge is 0.321 e. The van der Waals surface area contributed by atoms with E-state index >= 15 is 0 Å². The summed E-state index contributed by atoms with van der Waals surface area (Å²) in [5.74, 6) is -2.57. The van der Waals surface area contributed by atoms with Crippen LogP contribution in [0.25, 0.3) is 0 Å². The smallest absolute Gasteiger partial charge is 0.274 e. The summed E-state index contributed by atoms with van der Waals surface area (Å²) < 4.78 is 52.1. The van der Waals surface area contributed by atoms with Crippen molar-refractivity contribution in [3.05, 3.63) is 59.4 Å². The normalized spacial score (nSPS) is 14.4. The number of sulfone groups is 1. The predicted molar refractivity (Wildman–Crippen MR) is 102 cm³/mol. The number of carbonyl (C=O) groups is 1. The number of nitrogens with one attached hydrogen (secondary N) is 1. The maximum atomic E-state index is 14.4. The van der Waals surface area contributed by atoms with Crippen LogP contribution in [0, 0.1) is 11.6 Å². The molecule has 1 heterocycles. The molecule has 5 N–H and O–H groups in total. The first-order chi connectivity index (χ1) is 12.7. The van der Waals surface area contributed by atoms with Crippen molar-refractivity contribution in [3.8, 4) is 0 Å². The number of rotatable bonds is 6. The highest BCUT2D eigenvalue weighted by Gasteiger charge is 2.38. The molecule has 28 heavy (non-hydrogen) atoms. The van der Waals surface area contributed by atoms with E-state index in [-0.39, 0.29) is 16.9 Å². The lowest BCUT2D eigenvalue weighted by Gasteiger charge is -2.30. The molecule has 0 aliphatic carbocycles. The second-order valence-electron chi connectivity index (χ2n) is 7.29.